The van der Waals surface area contributed by atoms with Gasteiger partial charge in [0.05, 0.1) is 5.92 Å². The number of hydrogen-bond donors (Lipinski definition) is 3. The molecule has 0 saturated heterocycles. The van der Waals surface area contributed by atoms with Gasteiger partial charge in [0.1, 0.15) is 0 Å². The zero-order chi connectivity index (χ0) is 14.5. The van der Waals surface area contributed by atoms with E-state index in [4.69, 9.17) is 5.11 Å². The summed E-state index contributed by atoms with van der Waals surface area (Å²) in [5.74, 6) is 0.963. The number of carbonyl (C=O) groups excluding carboxylic acids is 1. The number of carboxylic acid groups (broad SMARTS) is 1. The second kappa shape index (κ2) is 6.95. The first-order valence-corrected chi connectivity index (χ1v) is 7.86. The number of hydrogen-bond acceptors (Lipinski definition) is 2. The number of rotatable bonds is 9. The Hall–Kier alpha value is -1.26. The van der Waals surface area contributed by atoms with Gasteiger partial charge in [-0.05, 0) is 49.9 Å². The summed E-state index contributed by atoms with van der Waals surface area (Å²) in [7, 11) is 0. The molecule has 2 saturated carbocycles. The lowest BCUT2D eigenvalue weighted by atomic mass is 9.98. The Morgan fingerprint density at radius 1 is 1.10 bits per heavy atom. The van der Waals surface area contributed by atoms with Crippen molar-refractivity contribution in [1.82, 2.24) is 10.6 Å². The summed E-state index contributed by atoms with van der Waals surface area (Å²) in [6, 6.07) is -0.223. The van der Waals surface area contributed by atoms with Gasteiger partial charge in [-0.15, -0.1) is 0 Å². The monoisotopic (exact) mass is 282 g/mol. The summed E-state index contributed by atoms with van der Waals surface area (Å²) >= 11 is 0. The molecule has 20 heavy (non-hydrogen) atoms. The highest BCUT2D eigenvalue weighted by Gasteiger charge is 2.41. The van der Waals surface area contributed by atoms with Crippen molar-refractivity contribution in [2.75, 3.05) is 13.1 Å². The van der Waals surface area contributed by atoms with E-state index in [1.165, 1.54) is 25.7 Å². The average molecular weight is 282 g/mol. The summed E-state index contributed by atoms with van der Waals surface area (Å²) in [5, 5.41) is 14.6. The number of carbonyl (C=O) groups is 2. The van der Waals surface area contributed by atoms with Crippen molar-refractivity contribution in [1.29, 1.82) is 0 Å². The fraction of sp³-hybridized carbons (Fsp3) is 0.867. The van der Waals surface area contributed by atoms with Crippen LogP contribution in [0.2, 0.25) is 0 Å². The molecule has 0 bridgehead atoms. The topological polar surface area (TPSA) is 78.4 Å². The van der Waals surface area contributed by atoms with Crippen LogP contribution in [0.5, 0.6) is 0 Å². The van der Waals surface area contributed by atoms with Crippen LogP contribution in [-0.2, 0) is 4.79 Å². The van der Waals surface area contributed by atoms with Gasteiger partial charge >= 0.3 is 12.0 Å². The fourth-order valence-electron chi connectivity index (χ4n) is 2.92. The van der Waals surface area contributed by atoms with Gasteiger partial charge in [-0.25, -0.2) is 4.79 Å². The lowest BCUT2D eigenvalue weighted by molar-refractivity contribution is -0.141. The minimum atomic E-state index is -0.832. The number of carboxylic acids is 1. The molecule has 5 nitrogen and oxygen atoms in total. The Balaban J connectivity index is 1.65. The lowest BCUT2D eigenvalue weighted by Gasteiger charge is -2.17. The van der Waals surface area contributed by atoms with Crippen molar-refractivity contribution in [3.05, 3.63) is 0 Å². The molecule has 0 aromatic rings. The normalized spacial score (nSPS) is 19.7. The second-order valence-corrected chi connectivity index (χ2v) is 6.25. The van der Waals surface area contributed by atoms with Crippen LogP contribution in [0.3, 0.4) is 0 Å². The molecule has 2 fully saturated rings. The van der Waals surface area contributed by atoms with Crippen LogP contribution in [-0.4, -0.2) is 30.2 Å². The molecule has 114 valence electrons. The third-order valence-corrected chi connectivity index (χ3v) is 4.45. The molecule has 0 heterocycles. The van der Waals surface area contributed by atoms with Gasteiger partial charge in [-0.1, -0.05) is 13.3 Å². The predicted octanol–water partition coefficient (Wildman–Crippen LogP) is 2.22. The summed E-state index contributed by atoms with van der Waals surface area (Å²) in [6.45, 7) is 2.91. The fourth-order valence-corrected chi connectivity index (χ4v) is 2.92. The SMILES string of the molecule is CCCC(CNC(=O)NCC(C1CC1)C1CC1)C(=O)O. The van der Waals surface area contributed by atoms with Crippen LogP contribution < -0.4 is 10.6 Å². The van der Waals surface area contributed by atoms with Crippen molar-refractivity contribution in [3.63, 3.8) is 0 Å². The van der Waals surface area contributed by atoms with Crippen molar-refractivity contribution < 1.29 is 14.7 Å². The molecule has 0 aromatic carbocycles. The first-order chi connectivity index (χ1) is 9.61. The largest absolute Gasteiger partial charge is 0.481 e. The molecule has 5 heteroatoms. The first-order valence-electron chi connectivity index (χ1n) is 7.86. The van der Waals surface area contributed by atoms with Gasteiger partial charge in [-0.2, -0.15) is 0 Å². The highest BCUT2D eigenvalue weighted by atomic mass is 16.4. The molecule has 2 rings (SSSR count). The maximum absolute atomic E-state index is 11.7. The Morgan fingerprint density at radius 2 is 1.65 bits per heavy atom. The standard InChI is InChI=1S/C15H26N2O3/c1-2-3-12(14(18)19)8-16-15(20)17-9-13(10-4-5-10)11-6-7-11/h10-13H,2-9H2,1H3,(H,18,19)(H2,16,17,20). The summed E-state index contributed by atoms with van der Waals surface area (Å²) < 4.78 is 0. The Labute approximate surface area is 120 Å². The molecular weight excluding hydrogens is 256 g/mol. The van der Waals surface area contributed by atoms with Gasteiger partial charge in [0, 0.05) is 13.1 Å². The number of urea groups is 1. The minimum absolute atomic E-state index is 0.215. The van der Waals surface area contributed by atoms with Gasteiger partial charge < -0.3 is 15.7 Å². The van der Waals surface area contributed by atoms with Crippen molar-refractivity contribution in [2.45, 2.75) is 45.4 Å². The van der Waals surface area contributed by atoms with Gasteiger partial charge in [-0.3, -0.25) is 4.79 Å². The average Bonchev–Trinajstić information content (AvgIpc) is 3.26. The Kier molecular flexibility index (Phi) is 5.26. The van der Waals surface area contributed by atoms with Gasteiger partial charge in [0.2, 0.25) is 0 Å². The summed E-state index contributed by atoms with van der Waals surface area (Å²) in [5.41, 5.74) is 0. The maximum Gasteiger partial charge on any atom is 0.314 e. The van der Waals surface area contributed by atoms with Crippen LogP contribution in [0.1, 0.15) is 45.4 Å². The Bertz CT molecular complexity index is 339. The van der Waals surface area contributed by atoms with Crippen LogP contribution >= 0.6 is 0 Å². The first kappa shape index (κ1) is 15.1. The third-order valence-electron chi connectivity index (χ3n) is 4.45. The molecule has 2 aliphatic rings. The van der Waals surface area contributed by atoms with Crippen molar-refractivity contribution in [2.24, 2.45) is 23.7 Å². The van der Waals surface area contributed by atoms with E-state index in [9.17, 15) is 9.59 Å². The molecule has 0 radical (unpaired) electrons. The lowest BCUT2D eigenvalue weighted by Crippen LogP contribution is -2.42. The van der Waals surface area contributed by atoms with E-state index in [0.29, 0.717) is 12.3 Å². The molecule has 2 amide bonds. The smallest absolute Gasteiger partial charge is 0.314 e. The maximum atomic E-state index is 11.7. The molecule has 2 aliphatic carbocycles. The number of aliphatic carboxylic acids is 1. The van der Waals surface area contributed by atoms with Crippen LogP contribution in [0.25, 0.3) is 0 Å². The summed E-state index contributed by atoms with van der Waals surface area (Å²) in [6.07, 6.45) is 6.64. The third kappa shape index (κ3) is 4.69. The molecule has 1 unspecified atom stereocenters. The van der Waals surface area contributed by atoms with E-state index in [-0.39, 0.29) is 12.6 Å². The van der Waals surface area contributed by atoms with Crippen molar-refractivity contribution in [3.8, 4) is 0 Å². The van der Waals surface area contributed by atoms with Crippen molar-refractivity contribution >= 4 is 12.0 Å². The predicted molar refractivity (Wildman–Crippen MR) is 76.4 cm³/mol. The van der Waals surface area contributed by atoms with Crippen LogP contribution in [0.4, 0.5) is 4.79 Å². The zero-order valence-electron chi connectivity index (χ0n) is 12.2. The molecule has 3 N–H and O–H groups in total. The molecule has 0 aromatic heterocycles. The van der Waals surface area contributed by atoms with E-state index in [2.05, 4.69) is 10.6 Å². The summed E-state index contributed by atoms with van der Waals surface area (Å²) in [4.78, 5) is 22.7. The second-order valence-electron chi connectivity index (χ2n) is 6.25. The van der Waals surface area contributed by atoms with E-state index in [0.717, 1.165) is 24.8 Å². The minimum Gasteiger partial charge on any atom is -0.481 e. The van der Waals surface area contributed by atoms with Gasteiger partial charge in [0.25, 0.3) is 0 Å². The Morgan fingerprint density at radius 3 is 2.10 bits per heavy atom. The van der Waals surface area contributed by atoms with Crippen LogP contribution in [0.15, 0.2) is 0 Å². The highest BCUT2D eigenvalue weighted by molar-refractivity contribution is 5.75. The quantitative estimate of drug-likeness (QED) is 0.607. The zero-order valence-corrected chi connectivity index (χ0v) is 12.2. The van der Waals surface area contributed by atoms with E-state index in [1.54, 1.807) is 0 Å². The molecule has 0 spiro atoms. The van der Waals surface area contributed by atoms with Gasteiger partial charge in [0.15, 0.2) is 0 Å². The van der Waals surface area contributed by atoms with E-state index in [1.807, 2.05) is 6.92 Å². The number of amides is 2. The molecular formula is C15H26N2O3. The van der Waals surface area contributed by atoms with E-state index < -0.39 is 11.9 Å². The highest BCUT2D eigenvalue weighted by Crippen LogP contribution is 2.48. The number of nitrogens with one attached hydrogen (secondary N) is 2. The molecule has 1 atom stereocenters. The molecule has 0 aliphatic heterocycles. The van der Waals surface area contributed by atoms with Crippen LogP contribution in [0, 0.1) is 23.7 Å². The van der Waals surface area contributed by atoms with E-state index >= 15 is 0 Å².